The number of hydrogen-bond acceptors (Lipinski definition) is 4. The van der Waals surface area contributed by atoms with Crippen molar-refractivity contribution in [3.05, 3.63) is 30.0 Å². The highest BCUT2D eigenvalue weighted by atomic mass is 32.2. The predicted octanol–water partition coefficient (Wildman–Crippen LogP) is 2.37. The number of hydrogen-bond donors (Lipinski definition) is 1. The maximum absolute atomic E-state index is 6.09. The van der Waals surface area contributed by atoms with Gasteiger partial charge in [0.1, 0.15) is 5.52 Å². The number of nitrogens with two attached hydrogens (primary N) is 1. The van der Waals surface area contributed by atoms with Crippen LogP contribution in [0.4, 0.5) is 5.95 Å². The second-order valence-electron chi connectivity index (χ2n) is 4.36. The van der Waals surface area contributed by atoms with Crippen LogP contribution in [0.1, 0.15) is 5.69 Å². The molecule has 0 aliphatic carbocycles. The molecule has 2 heterocycles. The first-order valence-corrected chi connectivity index (χ1v) is 7.17. The Morgan fingerprint density at radius 2 is 2.00 bits per heavy atom. The van der Waals surface area contributed by atoms with E-state index in [1.165, 1.54) is 0 Å². The smallest absolute Gasteiger partial charge is 0.207 e. The van der Waals surface area contributed by atoms with E-state index in [0.29, 0.717) is 5.95 Å². The van der Waals surface area contributed by atoms with Crippen LogP contribution >= 0.6 is 11.8 Å². The molecule has 0 radical (unpaired) electrons. The molecule has 19 heavy (non-hydrogen) atoms. The van der Waals surface area contributed by atoms with Crippen LogP contribution < -0.4 is 5.73 Å². The Morgan fingerprint density at radius 1 is 1.26 bits per heavy atom. The van der Waals surface area contributed by atoms with Crippen molar-refractivity contribution < 1.29 is 0 Å². The lowest BCUT2D eigenvalue weighted by molar-refractivity contribution is 0.761. The first-order chi connectivity index (χ1) is 9.13. The van der Waals surface area contributed by atoms with Crippen molar-refractivity contribution in [2.45, 2.75) is 11.8 Å². The molecule has 6 heteroatoms. The third-order valence-electron chi connectivity index (χ3n) is 3.15. The van der Waals surface area contributed by atoms with Crippen molar-refractivity contribution in [1.82, 2.24) is 19.3 Å². The van der Waals surface area contributed by atoms with Gasteiger partial charge in [-0.15, -0.1) is 11.8 Å². The molecule has 0 aliphatic rings. The SMILES string of the molecule is CSc1ccccc1-n1c(N)nc2c(C)nn(C)c21. The average molecular weight is 273 g/mol. The number of nitrogens with zero attached hydrogens (tertiary/aromatic N) is 4. The molecule has 3 rings (SSSR count). The van der Waals surface area contributed by atoms with E-state index in [1.807, 2.05) is 41.4 Å². The van der Waals surface area contributed by atoms with Crippen molar-refractivity contribution in [3.8, 4) is 5.69 Å². The van der Waals surface area contributed by atoms with Crippen LogP contribution in [-0.4, -0.2) is 25.6 Å². The Labute approximate surface area is 115 Å². The number of nitrogen functional groups attached to an aromatic ring is 1. The number of benzene rings is 1. The van der Waals surface area contributed by atoms with Crippen molar-refractivity contribution in [2.24, 2.45) is 7.05 Å². The fraction of sp³-hybridized carbons (Fsp3) is 0.231. The topological polar surface area (TPSA) is 61.7 Å². The molecule has 1 aromatic carbocycles. The number of imidazole rings is 1. The number of para-hydroxylation sites is 1. The normalized spacial score (nSPS) is 11.3. The Morgan fingerprint density at radius 3 is 2.74 bits per heavy atom. The summed E-state index contributed by atoms with van der Waals surface area (Å²) >= 11 is 1.69. The molecule has 0 fully saturated rings. The molecule has 0 unspecified atom stereocenters. The highest BCUT2D eigenvalue weighted by Gasteiger charge is 2.18. The summed E-state index contributed by atoms with van der Waals surface area (Å²) in [6.45, 7) is 1.94. The van der Waals surface area contributed by atoms with Crippen molar-refractivity contribution in [3.63, 3.8) is 0 Å². The maximum Gasteiger partial charge on any atom is 0.207 e. The molecule has 2 N–H and O–H groups in total. The number of aromatic nitrogens is 4. The second-order valence-corrected chi connectivity index (χ2v) is 5.21. The summed E-state index contributed by atoms with van der Waals surface area (Å²) in [6.07, 6.45) is 2.05. The molecular formula is C13H15N5S. The number of thioether (sulfide) groups is 1. The molecule has 0 saturated carbocycles. The van der Waals surface area contributed by atoms with E-state index >= 15 is 0 Å². The molecule has 0 amide bonds. The number of fused-ring (bicyclic) bond motifs is 1. The summed E-state index contributed by atoms with van der Waals surface area (Å²) < 4.78 is 3.78. The van der Waals surface area contributed by atoms with Gasteiger partial charge in [0, 0.05) is 11.9 Å². The van der Waals surface area contributed by atoms with E-state index in [9.17, 15) is 0 Å². The molecule has 0 aliphatic heterocycles. The molecule has 2 aromatic heterocycles. The van der Waals surface area contributed by atoms with Crippen LogP contribution in [0, 0.1) is 6.92 Å². The molecular weight excluding hydrogens is 258 g/mol. The summed E-state index contributed by atoms with van der Waals surface area (Å²) in [6, 6.07) is 8.15. The van der Waals surface area contributed by atoms with Gasteiger partial charge in [-0.2, -0.15) is 5.10 Å². The van der Waals surface area contributed by atoms with Crippen molar-refractivity contribution in [1.29, 1.82) is 0 Å². The van der Waals surface area contributed by atoms with Gasteiger partial charge in [0.25, 0.3) is 0 Å². The van der Waals surface area contributed by atoms with Gasteiger partial charge in [0.05, 0.1) is 11.4 Å². The summed E-state index contributed by atoms with van der Waals surface area (Å²) in [5, 5.41) is 4.40. The van der Waals surface area contributed by atoms with E-state index in [-0.39, 0.29) is 0 Å². The van der Waals surface area contributed by atoms with Gasteiger partial charge in [-0.05, 0) is 25.3 Å². The minimum absolute atomic E-state index is 0.493. The highest BCUT2D eigenvalue weighted by molar-refractivity contribution is 7.98. The lowest BCUT2D eigenvalue weighted by atomic mass is 10.3. The van der Waals surface area contributed by atoms with Crippen LogP contribution in [0.2, 0.25) is 0 Å². The minimum atomic E-state index is 0.493. The number of rotatable bonds is 2. The summed E-state index contributed by atoms with van der Waals surface area (Å²) in [5.41, 5.74) is 9.81. The largest absolute Gasteiger partial charge is 0.369 e. The average Bonchev–Trinajstić information content (AvgIpc) is 2.88. The quantitative estimate of drug-likeness (QED) is 0.728. The summed E-state index contributed by atoms with van der Waals surface area (Å²) in [4.78, 5) is 5.59. The van der Waals surface area contributed by atoms with Gasteiger partial charge >= 0.3 is 0 Å². The highest BCUT2D eigenvalue weighted by Crippen LogP contribution is 2.30. The zero-order valence-corrected chi connectivity index (χ0v) is 11.9. The molecule has 3 aromatic rings. The molecule has 98 valence electrons. The van der Waals surface area contributed by atoms with Crippen LogP contribution in [0.15, 0.2) is 29.2 Å². The molecule has 0 spiro atoms. The van der Waals surface area contributed by atoms with Gasteiger partial charge in [-0.3, -0.25) is 4.57 Å². The first-order valence-electron chi connectivity index (χ1n) is 5.94. The molecule has 0 bridgehead atoms. The molecule has 5 nitrogen and oxygen atoms in total. The Bertz CT molecular complexity index is 756. The van der Waals surface area contributed by atoms with E-state index in [2.05, 4.69) is 22.4 Å². The standard InChI is InChI=1S/C13H15N5S/c1-8-11-12(17(2)16-8)18(13(14)15-11)9-6-4-5-7-10(9)19-3/h4-7H,1-3H3,(H2,14,15). The minimum Gasteiger partial charge on any atom is -0.369 e. The van der Waals surface area contributed by atoms with Crippen LogP contribution in [0.3, 0.4) is 0 Å². The monoisotopic (exact) mass is 273 g/mol. The van der Waals surface area contributed by atoms with Crippen molar-refractivity contribution in [2.75, 3.05) is 12.0 Å². The zero-order valence-electron chi connectivity index (χ0n) is 11.1. The van der Waals surface area contributed by atoms with E-state index in [1.54, 1.807) is 11.8 Å². The Hall–Kier alpha value is -1.95. The third kappa shape index (κ3) is 1.71. The predicted molar refractivity (Wildman–Crippen MR) is 78.8 cm³/mol. The lowest BCUT2D eigenvalue weighted by Crippen LogP contribution is -2.05. The van der Waals surface area contributed by atoms with Crippen LogP contribution in [-0.2, 0) is 7.05 Å². The molecule has 0 saturated heterocycles. The fourth-order valence-electron chi connectivity index (χ4n) is 2.34. The van der Waals surface area contributed by atoms with Crippen LogP contribution in [0.5, 0.6) is 0 Å². The fourth-order valence-corrected chi connectivity index (χ4v) is 2.92. The maximum atomic E-state index is 6.09. The van der Waals surface area contributed by atoms with E-state index in [0.717, 1.165) is 27.4 Å². The summed E-state index contributed by atoms with van der Waals surface area (Å²) in [5.74, 6) is 0.493. The van der Waals surface area contributed by atoms with Gasteiger partial charge in [0.15, 0.2) is 5.65 Å². The second kappa shape index (κ2) is 4.31. The van der Waals surface area contributed by atoms with E-state index < -0.39 is 0 Å². The van der Waals surface area contributed by atoms with Crippen LogP contribution in [0.25, 0.3) is 16.9 Å². The number of aryl methyl sites for hydroxylation is 2. The lowest BCUT2D eigenvalue weighted by Gasteiger charge is -2.10. The summed E-state index contributed by atoms with van der Waals surface area (Å²) in [7, 11) is 1.91. The van der Waals surface area contributed by atoms with E-state index in [4.69, 9.17) is 5.73 Å². The van der Waals surface area contributed by atoms with Gasteiger partial charge in [-0.25, -0.2) is 9.67 Å². The third-order valence-corrected chi connectivity index (χ3v) is 3.94. The zero-order chi connectivity index (χ0) is 13.6. The Balaban J connectivity index is 2.39. The molecule has 0 atom stereocenters. The number of anilines is 1. The first kappa shape index (κ1) is 12.1. The van der Waals surface area contributed by atoms with Gasteiger partial charge in [-0.1, -0.05) is 12.1 Å². The Kier molecular flexibility index (Phi) is 2.74. The van der Waals surface area contributed by atoms with Crippen molar-refractivity contribution >= 4 is 28.9 Å². The van der Waals surface area contributed by atoms with Gasteiger partial charge < -0.3 is 5.73 Å². The van der Waals surface area contributed by atoms with Gasteiger partial charge in [0.2, 0.25) is 5.95 Å².